The van der Waals surface area contributed by atoms with Crippen LogP contribution in [0.5, 0.6) is 0 Å². The van der Waals surface area contributed by atoms with Gasteiger partial charge in [0.2, 0.25) is 0 Å². The van der Waals surface area contributed by atoms with Crippen molar-refractivity contribution in [3.63, 3.8) is 0 Å². The lowest BCUT2D eigenvalue weighted by Gasteiger charge is -2.40. The molecule has 2 nitrogen and oxygen atoms in total. The average molecular weight is 302 g/mol. The maximum Gasteiger partial charge on any atom is 0.127 e. The van der Waals surface area contributed by atoms with Crippen molar-refractivity contribution in [1.29, 1.82) is 0 Å². The molecule has 2 aliphatic rings. The second kappa shape index (κ2) is 5.92. The molecule has 2 saturated heterocycles. The zero-order chi connectivity index (χ0) is 16.5. The van der Waals surface area contributed by atoms with Crippen molar-refractivity contribution in [3.05, 3.63) is 0 Å². The van der Waals surface area contributed by atoms with Gasteiger partial charge in [0.1, 0.15) is 11.2 Å². The molecular formula is C20H30O2. The van der Waals surface area contributed by atoms with Gasteiger partial charge < -0.3 is 9.47 Å². The lowest BCUT2D eigenvalue weighted by atomic mass is 9.88. The molecule has 0 bridgehead atoms. The van der Waals surface area contributed by atoms with Crippen molar-refractivity contribution in [3.8, 4) is 23.7 Å². The summed E-state index contributed by atoms with van der Waals surface area (Å²) in [4.78, 5) is 0. The van der Waals surface area contributed by atoms with Gasteiger partial charge in [-0.05, 0) is 91.9 Å². The smallest absolute Gasteiger partial charge is 0.127 e. The maximum absolute atomic E-state index is 6.14. The molecule has 0 aliphatic carbocycles. The summed E-state index contributed by atoms with van der Waals surface area (Å²) in [6.45, 7) is 12.7. The molecule has 22 heavy (non-hydrogen) atoms. The summed E-state index contributed by atoms with van der Waals surface area (Å²) < 4.78 is 12.3. The van der Waals surface area contributed by atoms with Crippen LogP contribution < -0.4 is 0 Å². The number of ether oxygens (including phenoxy) is 2. The van der Waals surface area contributed by atoms with Crippen LogP contribution in [0, 0.1) is 23.7 Å². The predicted molar refractivity (Wildman–Crippen MR) is 90.4 cm³/mol. The van der Waals surface area contributed by atoms with Crippen LogP contribution in [0.2, 0.25) is 0 Å². The van der Waals surface area contributed by atoms with E-state index in [2.05, 4.69) is 65.2 Å². The van der Waals surface area contributed by atoms with Gasteiger partial charge in [0, 0.05) is 0 Å². The van der Waals surface area contributed by atoms with Crippen molar-refractivity contribution in [2.75, 3.05) is 0 Å². The topological polar surface area (TPSA) is 18.5 Å². The molecule has 2 heterocycles. The van der Waals surface area contributed by atoms with Crippen molar-refractivity contribution >= 4 is 0 Å². The second-order valence-electron chi connectivity index (χ2n) is 8.39. The second-order valence-corrected chi connectivity index (χ2v) is 8.39. The summed E-state index contributed by atoms with van der Waals surface area (Å²) >= 11 is 0. The summed E-state index contributed by atoms with van der Waals surface area (Å²) in [6, 6.07) is 0. The molecule has 2 rings (SSSR count). The summed E-state index contributed by atoms with van der Waals surface area (Å²) in [6.07, 6.45) is 6.45. The maximum atomic E-state index is 6.14. The zero-order valence-electron chi connectivity index (χ0n) is 15.1. The predicted octanol–water partition coefficient (Wildman–Crippen LogP) is 4.47. The molecule has 0 aromatic heterocycles. The molecule has 0 N–H and O–H groups in total. The molecule has 0 saturated carbocycles. The SMILES string of the molecule is CC1(C)CCCC(C)(C#CC#CC2(C)CCCC(C)(C)O2)O1. The molecule has 122 valence electrons. The van der Waals surface area contributed by atoms with E-state index in [1.54, 1.807) is 0 Å². The van der Waals surface area contributed by atoms with Gasteiger partial charge in [0.05, 0.1) is 11.2 Å². The van der Waals surface area contributed by atoms with E-state index in [4.69, 9.17) is 9.47 Å². The Balaban J connectivity index is 2.05. The van der Waals surface area contributed by atoms with Crippen LogP contribution in [-0.4, -0.2) is 22.4 Å². The first-order valence-electron chi connectivity index (χ1n) is 8.48. The minimum Gasteiger partial charge on any atom is -0.357 e. The van der Waals surface area contributed by atoms with Crippen molar-refractivity contribution in [2.45, 2.75) is 102 Å². The molecule has 0 aromatic carbocycles. The molecule has 2 atom stereocenters. The van der Waals surface area contributed by atoms with Crippen LogP contribution in [0.1, 0.15) is 80.1 Å². The monoisotopic (exact) mass is 302 g/mol. The lowest BCUT2D eigenvalue weighted by molar-refractivity contribution is -0.135. The molecule has 2 unspecified atom stereocenters. The Bertz CT molecular complexity index is 488. The van der Waals surface area contributed by atoms with E-state index in [9.17, 15) is 0 Å². The summed E-state index contributed by atoms with van der Waals surface area (Å²) in [5.41, 5.74) is -0.913. The third-order valence-corrected chi connectivity index (χ3v) is 4.58. The molecular weight excluding hydrogens is 272 g/mol. The van der Waals surface area contributed by atoms with Gasteiger partial charge in [-0.3, -0.25) is 0 Å². The van der Waals surface area contributed by atoms with Gasteiger partial charge in [0.15, 0.2) is 0 Å². The standard InChI is InChI=1S/C20H30O2/c1-17(2)11-9-15-19(5,21-17)13-7-8-14-20(6)16-10-12-18(3,4)22-20/h9-12,15-16H2,1-6H3. The van der Waals surface area contributed by atoms with Crippen molar-refractivity contribution < 1.29 is 9.47 Å². The lowest BCUT2D eigenvalue weighted by Crippen LogP contribution is -2.42. The Morgan fingerprint density at radius 1 is 0.591 bits per heavy atom. The van der Waals surface area contributed by atoms with Crippen molar-refractivity contribution in [1.82, 2.24) is 0 Å². The van der Waals surface area contributed by atoms with Gasteiger partial charge in [0.25, 0.3) is 0 Å². The van der Waals surface area contributed by atoms with Gasteiger partial charge in [-0.2, -0.15) is 0 Å². The van der Waals surface area contributed by atoms with Crippen LogP contribution in [-0.2, 0) is 9.47 Å². The highest BCUT2D eigenvalue weighted by atomic mass is 16.5. The fourth-order valence-electron chi connectivity index (χ4n) is 3.63. The Labute approximate surface area is 136 Å². The Hall–Kier alpha value is -0.960. The Kier molecular flexibility index (Phi) is 4.68. The highest BCUT2D eigenvalue weighted by Gasteiger charge is 2.37. The first-order valence-corrected chi connectivity index (χ1v) is 8.48. The molecule has 2 aliphatic heterocycles. The normalized spacial score (nSPS) is 36.5. The third kappa shape index (κ3) is 4.77. The van der Waals surface area contributed by atoms with Crippen LogP contribution in [0.3, 0.4) is 0 Å². The highest BCUT2D eigenvalue weighted by molar-refractivity contribution is 5.33. The Morgan fingerprint density at radius 2 is 0.955 bits per heavy atom. The molecule has 2 fully saturated rings. The highest BCUT2D eigenvalue weighted by Crippen LogP contribution is 2.35. The number of hydrogen-bond donors (Lipinski definition) is 0. The van der Waals surface area contributed by atoms with Gasteiger partial charge in [-0.25, -0.2) is 0 Å². The van der Waals surface area contributed by atoms with E-state index in [0.29, 0.717) is 0 Å². The number of rotatable bonds is 0. The van der Waals surface area contributed by atoms with Crippen LogP contribution in [0.4, 0.5) is 0 Å². The summed E-state index contributed by atoms with van der Waals surface area (Å²) in [5.74, 6) is 12.5. The minimum atomic E-state index is -0.371. The fourth-order valence-corrected chi connectivity index (χ4v) is 3.63. The van der Waals surface area contributed by atoms with E-state index in [-0.39, 0.29) is 22.4 Å². The zero-order valence-corrected chi connectivity index (χ0v) is 15.1. The van der Waals surface area contributed by atoms with Gasteiger partial charge in [-0.1, -0.05) is 11.8 Å². The van der Waals surface area contributed by atoms with E-state index < -0.39 is 0 Å². The summed E-state index contributed by atoms with van der Waals surface area (Å²) in [7, 11) is 0. The first kappa shape index (κ1) is 17.4. The van der Waals surface area contributed by atoms with Crippen LogP contribution >= 0.6 is 0 Å². The van der Waals surface area contributed by atoms with Crippen molar-refractivity contribution in [2.24, 2.45) is 0 Å². The Morgan fingerprint density at radius 3 is 1.27 bits per heavy atom. The summed E-state index contributed by atoms with van der Waals surface area (Å²) in [5, 5.41) is 0. The van der Waals surface area contributed by atoms with Crippen LogP contribution in [0.25, 0.3) is 0 Å². The molecule has 0 aromatic rings. The van der Waals surface area contributed by atoms with Gasteiger partial charge in [-0.15, -0.1) is 0 Å². The third-order valence-electron chi connectivity index (χ3n) is 4.58. The van der Waals surface area contributed by atoms with E-state index in [1.807, 2.05) is 0 Å². The fraction of sp³-hybridized carbons (Fsp3) is 0.800. The van der Waals surface area contributed by atoms with E-state index in [0.717, 1.165) is 38.5 Å². The molecule has 0 spiro atoms. The average Bonchev–Trinajstić information content (AvgIpc) is 2.31. The van der Waals surface area contributed by atoms with Gasteiger partial charge >= 0.3 is 0 Å². The quantitative estimate of drug-likeness (QED) is 0.615. The first-order chi connectivity index (χ1) is 10.0. The largest absolute Gasteiger partial charge is 0.357 e. The van der Waals surface area contributed by atoms with E-state index in [1.165, 1.54) is 0 Å². The minimum absolute atomic E-state index is 0.0857. The molecule has 0 amide bonds. The number of hydrogen-bond acceptors (Lipinski definition) is 2. The van der Waals surface area contributed by atoms with Crippen LogP contribution in [0.15, 0.2) is 0 Å². The molecule has 2 heteroatoms. The van der Waals surface area contributed by atoms with E-state index >= 15 is 0 Å². The molecule has 0 radical (unpaired) electrons.